The van der Waals surface area contributed by atoms with E-state index < -0.39 is 0 Å². The lowest BCUT2D eigenvalue weighted by Crippen LogP contribution is -2.51. The van der Waals surface area contributed by atoms with Crippen molar-refractivity contribution in [3.63, 3.8) is 0 Å². The van der Waals surface area contributed by atoms with Crippen LogP contribution in [0.15, 0.2) is 47.3 Å². The molecule has 0 radical (unpaired) electrons. The molecule has 31 heavy (non-hydrogen) atoms. The molecule has 3 aromatic rings. The van der Waals surface area contributed by atoms with Crippen LogP contribution < -0.4 is 10.9 Å². The number of carbonyl (C=O) groups excluding carboxylic acids is 2. The molecule has 1 N–H and O–H groups in total. The van der Waals surface area contributed by atoms with Gasteiger partial charge in [-0.05, 0) is 36.8 Å². The molecule has 1 fully saturated rings. The summed E-state index contributed by atoms with van der Waals surface area (Å²) in [6, 6.07) is 12.2. The van der Waals surface area contributed by atoms with Gasteiger partial charge < -0.3 is 10.2 Å². The Hall–Kier alpha value is -3.39. The third-order valence-electron chi connectivity index (χ3n) is 5.42. The molecule has 0 saturated carbocycles. The Kier molecular flexibility index (Phi) is 6.18. The number of carbonyl (C=O) groups is 2. The molecule has 0 unspecified atom stereocenters. The van der Waals surface area contributed by atoms with E-state index >= 15 is 0 Å². The zero-order chi connectivity index (χ0) is 21.8. The first-order valence-electron chi connectivity index (χ1n) is 10.5. The molecule has 0 bridgehead atoms. The van der Waals surface area contributed by atoms with E-state index in [4.69, 9.17) is 0 Å². The van der Waals surface area contributed by atoms with Gasteiger partial charge in [-0.15, -0.1) is 0 Å². The van der Waals surface area contributed by atoms with Gasteiger partial charge in [-0.3, -0.25) is 19.3 Å². The van der Waals surface area contributed by atoms with Crippen LogP contribution in [-0.2, 0) is 4.79 Å². The van der Waals surface area contributed by atoms with Gasteiger partial charge in [0.05, 0.1) is 28.5 Å². The number of fused-ring (bicyclic) bond motifs is 2. The largest absolute Gasteiger partial charge is 0.355 e. The molecule has 2 heterocycles. The maximum absolute atomic E-state index is 13.0. The van der Waals surface area contributed by atoms with Crippen LogP contribution in [0, 0.1) is 0 Å². The number of nitrogens with one attached hydrogen (secondary N) is 1. The van der Waals surface area contributed by atoms with Crippen molar-refractivity contribution in [2.45, 2.75) is 13.3 Å². The van der Waals surface area contributed by atoms with E-state index in [0.717, 1.165) is 6.42 Å². The quantitative estimate of drug-likeness (QED) is 0.672. The summed E-state index contributed by atoms with van der Waals surface area (Å²) in [4.78, 5) is 49.9. The Bertz CT molecular complexity index is 1190. The van der Waals surface area contributed by atoms with Crippen LogP contribution in [0.25, 0.3) is 21.9 Å². The average molecular weight is 419 g/mol. The number of hydrogen-bond acceptors (Lipinski definition) is 6. The van der Waals surface area contributed by atoms with Crippen LogP contribution >= 0.6 is 0 Å². The Morgan fingerprint density at radius 1 is 0.968 bits per heavy atom. The summed E-state index contributed by atoms with van der Waals surface area (Å²) in [6.45, 7) is 5.42. The van der Waals surface area contributed by atoms with E-state index in [0.29, 0.717) is 66.8 Å². The number of nitrogens with zero attached hydrogens (tertiary/aromatic N) is 4. The van der Waals surface area contributed by atoms with Crippen LogP contribution in [-0.4, -0.2) is 70.9 Å². The van der Waals surface area contributed by atoms with Gasteiger partial charge in [-0.25, -0.2) is 9.97 Å². The normalized spacial score (nSPS) is 14.7. The van der Waals surface area contributed by atoms with Crippen molar-refractivity contribution >= 4 is 33.8 Å². The van der Waals surface area contributed by atoms with Crippen molar-refractivity contribution in [3.8, 4) is 0 Å². The molecular weight excluding hydrogens is 394 g/mol. The minimum Gasteiger partial charge on any atom is -0.355 e. The van der Waals surface area contributed by atoms with Crippen molar-refractivity contribution in [3.05, 3.63) is 58.4 Å². The minimum absolute atomic E-state index is 0.0170. The average Bonchev–Trinajstić information content (AvgIpc) is 2.93. The number of aromatic nitrogens is 2. The van der Waals surface area contributed by atoms with E-state index in [9.17, 15) is 14.4 Å². The van der Waals surface area contributed by atoms with E-state index in [-0.39, 0.29) is 17.4 Å². The predicted octanol–water partition coefficient (Wildman–Crippen LogP) is 1.43. The molecule has 160 valence electrons. The van der Waals surface area contributed by atoms with E-state index in [1.54, 1.807) is 41.3 Å². The van der Waals surface area contributed by atoms with Crippen molar-refractivity contribution in [1.82, 2.24) is 25.1 Å². The van der Waals surface area contributed by atoms with Gasteiger partial charge >= 0.3 is 0 Å². The first-order valence-corrected chi connectivity index (χ1v) is 10.5. The first-order chi connectivity index (χ1) is 15.0. The second-order valence-electron chi connectivity index (χ2n) is 7.67. The zero-order valence-corrected chi connectivity index (χ0v) is 17.5. The lowest BCUT2D eigenvalue weighted by Gasteiger charge is -2.34. The fraction of sp³-hybridized carbons (Fsp3) is 0.348. The second kappa shape index (κ2) is 9.18. The highest BCUT2D eigenvalue weighted by Crippen LogP contribution is 2.16. The Morgan fingerprint density at radius 2 is 1.74 bits per heavy atom. The molecule has 0 atom stereocenters. The van der Waals surface area contributed by atoms with Crippen molar-refractivity contribution in [1.29, 1.82) is 0 Å². The van der Waals surface area contributed by atoms with Gasteiger partial charge in [0, 0.05) is 38.3 Å². The molecule has 1 aliphatic rings. The first kappa shape index (κ1) is 20.9. The van der Waals surface area contributed by atoms with Gasteiger partial charge in [0.1, 0.15) is 0 Å². The highest BCUT2D eigenvalue weighted by Gasteiger charge is 2.23. The second-order valence-corrected chi connectivity index (χ2v) is 7.67. The minimum atomic E-state index is -0.363. The molecule has 1 saturated heterocycles. The molecular formula is C23H25N5O3. The molecule has 0 aliphatic carbocycles. The fourth-order valence-electron chi connectivity index (χ4n) is 3.71. The standard InChI is InChI=1S/C23H25N5O3/c1-2-9-24-21(29)15-27-10-12-28(13-11-27)23(31)16-7-8-19-20(14-16)26-22(30)17-5-3-4-6-18(17)25-19/h3-8,14H,2,9-13,15H2,1H3,(H,24,29). The van der Waals surface area contributed by atoms with Gasteiger partial charge in [0.25, 0.3) is 11.5 Å². The third kappa shape index (κ3) is 4.69. The van der Waals surface area contributed by atoms with E-state index in [1.807, 2.05) is 13.0 Å². The number of para-hydroxylation sites is 1. The maximum atomic E-state index is 13.0. The maximum Gasteiger partial charge on any atom is 0.279 e. The molecule has 2 amide bonds. The monoisotopic (exact) mass is 419 g/mol. The van der Waals surface area contributed by atoms with Crippen molar-refractivity contribution in [2.75, 3.05) is 39.3 Å². The number of piperazine rings is 1. The molecule has 8 heteroatoms. The number of rotatable bonds is 5. The topological polar surface area (TPSA) is 95.5 Å². The van der Waals surface area contributed by atoms with Crippen LogP contribution in [0.1, 0.15) is 23.7 Å². The molecule has 2 aromatic carbocycles. The third-order valence-corrected chi connectivity index (χ3v) is 5.42. The van der Waals surface area contributed by atoms with Crippen molar-refractivity contribution < 1.29 is 9.59 Å². The summed E-state index contributed by atoms with van der Waals surface area (Å²) < 4.78 is 0. The SMILES string of the molecule is CCCNC(=O)CN1CCN(C(=O)c2ccc3nc4ccccc4c(=O)nc3c2)CC1. The molecule has 0 spiro atoms. The van der Waals surface area contributed by atoms with Gasteiger partial charge in [0.2, 0.25) is 5.91 Å². The summed E-state index contributed by atoms with van der Waals surface area (Å²) in [5.41, 5.74) is 1.66. The fourth-order valence-corrected chi connectivity index (χ4v) is 3.71. The zero-order valence-electron chi connectivity index (χ0n) is 17.5. The molecule has 1 aliphatic heterocycles. The smallest absolute Gasteiger partial charge is 0.279 e. The predicted molar refractivity (Wildman–Crippen MR) is 119 cm³/mol. The Labute approximate surface area is 179 Å². The van der Waals surface area contributed by atoms with Gasteiger partial charge in [-0.2, -0.15) is 0 Å². The summed E-state index contributed by atoms with van der Waals surface area (Å²) in [7, 11) is 0. The van der Waals surface area contributed by atoms with Crippen LogP contribution in [0.3, 0.4) is 0 Å². The molecule has 1 aromatic heterocycles. The molecule has 4 rings (SSSR count). The summed E-state index contributed by atoms with van der Waals surface area (Å²) in [5, 5.41) is 3.33. The van der Waals surface area contributed by atoms with Crippen molar-refractivity contribution in [2.24, 2.45) is 0 Å². The van der Waals surface area contributed by atoms with Gasteiger partial charge in [0.15, 0.2) is 0 Å². The number of benzene rings is 2. The molecule has 8 nitrogen and oxygen atoms in total. The lowest BCUT2D eigenvalue weighted by molar-refractivity contribution is -0.122. The Morgan fingerprint density at radius 3 is 2.52 bits per heavy atom. The Balaban J connectivity index is 1.49. The highest BCUT2D eigenvalue weighted by atomic mass is 16.2. The lowest BCUT2D eigenvalue weighted by atomic mass is 10.1. The van der Waals surface area contributed by atoms with Crippen LogP contribution in [0.4, 0.5) is 0 Å². The number of hydrogen-bond donors (Lipinski definition) is 1. The van der Waals surface area contributed by atoms with E-state index in [2.05, 4.69) is 20.2 Å². The number of amides is 2. The summed E-state index contributed by atoms with van der Waals surface area (Å²) in [5.74, 6) is -0.0919. The van der Waals surface area contributed by atoms with Gasteiger partial charge in [-0.1, -0.05) is 19.1 Å². The van der Waals surface area contributed by atoms with E-state index in [1.165, 1.54) is 0 Å². The van der Waals surface area contributed by atoms with Crippen LogP contribution in [0.2, 0.25) is 0 Å². The van der Waals surface area contributed by atoms with Crippen LogP contribution in [0.5, 0.6) is 0 Å². The summed E-state index contributed by atoms with van der Waals surface area (Å²) in [6.07, 6.45) is 0.909. The summed E-state index contributed by atoms with van der Waals surface area (Å²) >= 11 is 0. The highest BCUT2D eigenvalue weighted by molar-refractivity contribution is 5.97.